The zero-order valence-corrected chi connectivity index (χ0v) is 17.8. The predicted octanol–water partition coefficient (Wildman–Crippen LogP) is 4.26. The number of hydrogen-bond acceptors (Lipinski definition) is 9. The molecule has 1 atom stereocenters. The van der Waals surface area contributed by atoms with Crippen molar-refractivity contribution in [2.24, 2.45) is 0 Å². The van der Waals surface area contributed by atoms with Crippen LogP contribution in [0.5, 0.6) is 0 Å². The number of H-pyrrole nitrogens is 1. The molecular weight excluding hydrogens is 430 g/mol. The molecule has 4 aromatic rings. The highest BCUT2D eigenvalue weighted by Gasteiger charge is 2.32. The van der Waals surface area contributed by atoms with Crippen LogP contribution >= 0.6 is 11.6 Å². The number of halogens is 1. The molecule has 0 aromatic carbocycles. The Morgan fingerprint density at radius 2 is 1.94 bits per heavy atom. The van der Waals surface area contributed by atoms with E-state index in [1.165, 1.54) is 12.8 Å². The normalized spacial score (nSPS) is 18.3. The molecule has 162 valence electrons. The van der Waals surface area contributed by atoms with Crippen molar-refractivity contribution in [1.82, 2.24) is 35.3 Å². The van der Waals surface area contributed by atoms with Crippen molar-refractivity contribution >= 4 is 29.2 Å². The van der Waals surface area contributed by atoms with Crippen molar-refractivity contribution < 1.29 is 4.52 Å². The fourth-order valence-corrected chi connectivity index (χ4v) is 4.20. The lowest BCUT2D eigenvalue weighted by atomic mass is 10.1. The van der Waals surface area contributed by atoms with Crippen LogP contribution in [-0.2, 0) is 0 Å². The van der Waals surface area contributed by atoms with Gasteiger partial charge in [-0.2, -0.15) is 10.1 Å². The van der Waals surface area contributed by atoms with Gasteiger partial charge in [0.05, 0.1) is 6.04 Å². The van der Waals surface area contributed by atoms with Crippen LogP contribution in [0.25, 0.3) is 11.5 Å². The summed E-state index contributed by atoms with van der Waals surface area (Å²) in [5, 5.41) is 15.2. The summed E-state index contributed by atoms with van der Waals surface area (Å²) in [7, 11) is 0. The van der Waals surface area contributed by atoms with Crippen molar-refractivity contribution in [3.05, 3.63) is 53.3 Å². The van der Waals surface area contributed by atoms with Gasteiger partial charge in [-0.05, 0) is 31.7 Å². The average molecular weight is 450 g/mol. The summed E-state index contributed by atoms with van der Waals surface area (Å²) in [5.41, 5.74) is 1.75. The van der Waals surface area contributed by atoms with Crippen molar-refractivity contribution in [3.63, 3.8) is 0 Å². The predicted molar refractivity (Wildman–Crippen MR) is 118 cm³/mol. The third-order valence-electron chi connectivity index (χ3n) is 5.72. The molecule has 2 aliphatic rings. The first-order valence-electron chi connectivity index (χ1n) is 10.6. The van der Waals surface area contributed by atoms with Crippen LogP contribution in [-0.4, -0.2) is 41.8 Å². The molecule has 2 N–H and O–H groups in total. The highest BCUT2D eigenvalue weighted by molar-refractivity contribution is 6.29. The van der Waals surface area contributed by atoms with Crippen LogP contribution in [0.4, 0.5) is 17.6 Å². The molecule has 1 saturated carbocycles. The number of hydrogen-bond donors (Lipinski definition) is 2. The first-order chi connectivity index (χ1) is 15.7. The Balaban J connectivity index is 1.25. The van der Waals surface area contributed by atoms with Crippen molar-refractivity contribution in [1.29, 1.82) is 0 Å². The third-order valence-corrected chi connectivity index (χ3v) is 5.91. The number of nitrogens with one attached hydrogen (secondary N) is 2. The molecule has 0 unspecified atom stereocenters. The van der Waals surface area contributed by atoms with Gasteiger partial charge in [-0.1, -0.05) is 16.8 Å². The van der Waals surface area contributed by atoms with E-state index in [1.54, 1.807) is 24.5 Å². The van der Waals surface area contributed by atoms with Gasteiger partial charge in [-0.25, -0.2) is 15.0 Å². The maximum Gasteiger partial charge on any atom is 0.229 e. The van der Waals surface area contributed by atoms with Gasteiger partial charge < -0.3 is 14.7 Å². The largest absolute Gasteiger partial charge is 0.358 e. The van der Waals surface area contributed by atoms with Gasteiger partial charge in [-0.15, -0.1) is 0 Å². The molecule has 4 aromatic heterocycles. The Hall–Kier alpha value is -3.53. The average Bonchev–Trinajstić information content (AvgIpc) is 3.20. The monoisotopic (exact) mass is 449 g/mol. The van der Waals surface area contributed by atoms with Crippen LogP contribution < -0.4 is 10.2 Å². The summed E-state index contributed by atoms with van der Waals surface area (Å²) in [5.74, 6) is 3.70. The van der Waals surface area contributed by atoms with Crippen molar-refractivity contribution in [2.45, 2.75) is 37.6 Å². The summed E-state index contributed by atoms with van der Waals surface area (Å²) in [6.07, 6.45) is 7.65. The summed E-state index contributed by atoms with van der Waals surface area (Å²) < 4.78 is 5.65. The zero-order chi connectivity index (χ0) is 21.5. The lowest BCUT2D eigenvalue weighted by Crippen LogP contribution is -2.24. The summed E-state index contributed by atoms with van der Waals surface area (Å²) in [6.45, 7) is 0.788. The smallest absolute Gasteiger partial charge is 0.229 e. The van der Waals surface area contributed by atoms with Gasteiger partial charge in [-0.3, -0.25) is 5.10 Å². The Morgan fingerprint density at radius 3 is 2.78 bits per heavy atom. The number of nitrogens with zero attached hydrogens (tertiary/aromatic N) is 7. The summed E-state index contributed by atoms with van der Waals surface area (Å²) >= 11 is 6.34. The molecule has 1 saturated heterocycles. The van der Waals surface area contributed by atoms with Crippen LogP contribution in [0.2, 0.25) is 5.15 Å². The number of aromatic amines is 1. The van der Waals surface area contributed by atoms with E-state index in [9.17, 15) is 0 Å². The highest BCUT2D eigenvalue weighted by Crippen LogP contribution is 2.40. The van der Waals surface area contributed by atoms with E-state index in [-0.39, 0.29) is 6.04 Å². The second-order valence-electron chi connectivity index (χ2n) is 8.02. The minimum atomic E-state index is -0.0434. The molecule has 5 heterocycles. The van der Waals surface area contributed by atoms with Gasteiger partial charge in [0, 0.05) is 48.7 Å². The quantitative estimate of drug-likeness (QED) is 0.415. The minimum absolute atomic E-state index is 0.0434. The molecular formula is C21H20ClN9O. The van der Waals surface area contributed by atoms with Gasteiger partial charge in [0.1, 0.15) is 11.0 Å². The van der Waals surface area contributed by atoms with Crippen LogP contribution in [0.1, 0.15) is 49.1 Å². The fraction of sp³-hybridized carbons (Fsp3) is 0.333. The van der Waals surface area contributed by atoms with E-state index in [4.69, 9.17) is 21.1 Å². The Morgan fingerprint density at radius 1 is 1.06 bits per heavy atom. The standard InChI is InChI=1S/C21H20ClN9O/c22-17-11-18(26-19-10-13(28-29-19)12-4-5-12)27-21(25-17)31-8-1-3-15(31)16-9-14(30-32-16)20-23-6-2-7-24-20/h2,6-7,9-12,15H,1,3-5,8H2,(H2,25,26,27,28,29)/t15-/m0/s1. The minimum Gasteiger partial charge on any atom is -0.358 e. The molecule has 0 spiro atoms. The van der Waals surface area contributed by atoms with E-state index < -0.39 is 0 Å². The lowest BCUT2D eigenvalue weighted by molar-refractivity contribution is 0.362. The molecule has 0 radical (unpaired) electrons. The van der Waals surface area contributed by atoms with Crippen LogP contribution in [0.3, 0.4) is 0 Å². The molecule has 1 aliphatic heterocycles. The maximum absolute atomic E-state index is 6.34. The second kappa shape index (κ2) is 7.86. The van der Waals surface area contributed by atoms with E-state index in [0.29, 0.717) is 40.2 Å². The Bertz CT molecular complexity index is 1240. The van der Waals surface area contributed by atoms with Crippen LogP contribution in [0.15, 0.2) is 41.2 Å². The van der Waals surface area contributed by atoms with Gasteiger partial charge in [0.2, 0.25) is 5.95 Å². The number of aromatic nitrogens is 7. The molecule has 11 heteroatoms. The topological polar surface area (TPSA) is 122 Å². The maximum atomic E-state index is 6.34. The van der Waals surface area contributed by atoms with Crippen molar-refractivity contribution in [2.75, 3.05) is 16.8 Å². The molecule has 10 nitrogen and oxygen atoms in total. The fourth-order valence-electron chi connectivity index (χ4n) is 4.02. The van der Waals surface area contributed by atoms with E-state index in [2.05, 4.69) is 40.5 Å². The van der Waals surface area contributed by atoms with Gasteiger partial charge >= 0.3 is 0 Å². The Kier molecular flexibility index (Phi) is 4.71. The number of anilines is 3. The first-order valence-corrected chi connectivity index (χ1v) is 11.0. The molecule has 0 bridgehead atoms. The summed E-state index contributed by atoms with van der Waals surface area (Å²) in [4.78, 5) is 19.7. The molecule has 0 amide bonds. The Labute approximate surface area is 188 Å². The molecule has 32 heavy (non-hydrogen) atoms. The first kappa shape index (κ1) is 19.2. The van der Waals surface area contributed by atoms with Crippen LogP contribution in [0, 0.1) is 0 Å². The second-order valence-corrected chi connectivity index (χ2v) is 8.41. The molecule has 6 rings (SSSR count). The third kappa shape index (κ3) is 3.77. The zero-order valence-electron chi connectivity index (χ0n) is 17.1. The van der Waals surface area contributed by atoms with Gasteiger partial charge in [0.25, 0.3) is 0 Å². The van der Waals surface area contributed by atoms with E-state index >= 15 is 0 Å². The molecule has 1 aliphatic carbocycles. The highest BCUT2D eigenvalue weighted by atomic mass is 35.5. The van der Waals surface area contributed by atoms with Crippen molar-refractivity contribution in [3.8, 4) is 11.5 Å². The SMILES string of the molecule is Clc1cc(Nc2cc(C3CC3)[nH]n2)nc(N2CCC[C@H]2c2cc(-c3ncccn3)no2)n1. The van der Waals surface area contributed by atoms with Gasteiger partial charge in [0.15, 0.2) is 23.1 Å². The summed E-state index contributed by atoms with van der Waals surface area (Å²) in [6, 6.07) is 7.32. The molecule has 2 fully saturated rings. The number of rotatable bonds is 6. The van der Waals surface area contributed by atoms with E-state index in [1.807, 2.05) is 12.1 Å². The lowest BCUT2D eigenvalue weighted by Gasteiger charge is -2.23. The van der Waals surface area contributed by atoms with E-state index in [0.717, 1.165) is 30.8 Å².